The fourth-order valence-electron chi connectivity index (χ4n) is 4.73. The van der Waals surface area contributed by atoms with Crippen LogP contribution in [0.3, 0.4) is 0 Å². The molecule has 0 aromatic carbocycles. The Morgan fingerprint density at radius 1 is 1.13 bits per heavy atom. The van der Waals surface area contributed by atoms with E-state index in [0.717, 1.165) is 32.5 Å². The first-order valence-electron chi connectivity index (χ1n) is 9.56. The smallest absolute Gasteiger partial charge is 0.188 e. The SMILES string of the molecule is COC1CCN(C2(CN=C(N)NC3CCCC3)CCCC2)CC1. The van der Waals surface area contributed by atoms with Crippen LogP contribution < -0.4 is 11.1 Å². The van der Waals surface area contributed by atoms with Gasteiger partial charge in [-0.25, -0.2) is 0 Å². The van der Waals surface area contributed by atoms with E-state index in [0.29, 0.717) is 18.1 Å². The Labute approximate surface area is 141 Å². The van der Waals surface area contributed by atoms with Gasteiger partial charge in [0.05, 0.1) is 12.6 Å². The fraction of sp³-hybridized carbons (Fsp3) is 0.944. The molecular formula is C18H34N4O. The Morgan fingerprint density at radius 2 is 1.78 bits per heavy atom. The van der Waals surface area contributed by atoms with Crippen molar-refractivity contribution >= 4 is 5.96 Å². The fourth-order valence-corrected chi connectivity index (χ4v) is 4.73. The molecule has 0 amide bonds. The molecule has 5 heteroatoms. The van der Waals surface area contributed by atoms with E-state index in [-0.39, 0.29) is 5.54 Å². The van der Waals surface area contributed by atoms with Gasteiger partial charge in [-0.15, -0.1) is 0 Å². The molecule has 3 aliphatic rings. The lowest BCUT2D eigenvalue weighted by atomic mass is 9.91. The molecule has 0 bridgehead atoms. The van der Waals surface area contributed by atoms with Crippen LogP contribution in [0.15, 0.2) is 4.99 Å². The summed E-state index contributed by atoms with van der Waals surface area (Å²) in [6, 6.07) is 0.552. The summed E-state index contributed by atoms with van der Waals surface area (Å²) < 4.78 is 5.52. The molecule has 2 saturated carbocycles. The predicted molar refractivity (Wildman–Crippen MR) is 94.7 cm³/mol. The maximum Gasteiger partial charge on any atom is 0.188 e. The lowest BCUT2D eigenvalue weighted by molar-refractivity contribution is -0.0000559. The summed E-state index contributed by atoms with van der Waals surface area (Å²) in [5, 5.41) is 3.43. The molecule has 0 spiro atoms. The van der Waals surface area contributed by atoms with Gasteiger partial charge in [0.25, 0.3) is 0 Å². The highest BCUT2D eigenvalue weighted by Gasteiger charge is 2.40. The number of hydrogen-bond acceptors (Lipinski definition) is 3. The summed E-state index contributed by atoms with van der Waals surface area (Å²) in [7, 11) is 1.84. The zero-order chi connectivity index (χ0) is 16.1. The number of hydrogen-bond donors (Lipinski definition) is 2. The first-order chi connectivity index (χ1) is 11.2. The van der Waals surface area contributed by atoms with Gasteiger partial charge in [-0.2, -0.15) is 0 Å². The molecule has 0 unspecified atom stereocenters. The van der Waals surface area contributed by atoms with E-state index < -0.39 is 0 Å². The predicted octanol–water partition coefficient (Wildman–Crippen LogP) is 2.26. The first kappa shape index (κ1) is 17.0. The Bertz CT molecular complexity index is 392. The molecule has 1 heterocycles. The van der Waals surface area contributed by atoms with Gasteiger partial charge in [-0.1, -0.05) is 25.7 Å². The summed E-state index contributed by atoms with van der Waals surface area (Å²) in [5.74, 6) is 0.662. The molecule has 132 valence electrons. The first-order valence-corrected chi connectivity index (χ1v) is 9.56. The molecule has 0 aromatic rings. The molecule has 23 heavy (non-hydrogen) atoms. The average Bonchev–Trinajstić information content (AvgIpc) is 3.25. The second-order valence-corrected chi connectivity index (χ2v) is 7.68. The summed E-state index contributed by atoms with van der Waals surface area (Å²) in [6.45, 7) is 3.14. The van der Waals surface area contributed by atoms with Crippen molar-refractivity contribution in [3.8, 4) is 0 Å². The van der Waals surface area contributed by atoms with E-state index in [1.807, 2.05) is 7.11 Å². The lowest BCUT2D eigenvalue weighted by Crippen LogP contribution is -2.53. The standard InChI is InChI=1S/C18H34N4O/c1-23-16-8-12-22(13-9-16)18(10-4-5-11-18)14-20-17(19)21-15-6-2-3-7-15/h15-16H,2-14H2,1H3,(H3,19,20,21). The molecule has 2 aliphatic carbocycles. The zero-order valence-electron chi connectivity index (χ0n) is 14.7. The summed E-state index contributed by atoms with van der Waals surface area (Å²) in [6.07, 6.45) is 13.1. The minimum absolute atomic E-state index is 0.251. The molecule has 3 N–H and O–H groups in total. The highest BCUT2D eigenvalue weighted by Crippen LogP contribution is 2.37. The van der Waals surface area contributed by atoms with Crippen LogP contribution in [0.25, 0.3) is 0 Å². The van der Waals surface area contributed by atoms with Gasteiger partial charge in [-0.05, 0) is 38.5 Å². The maximum atomic E-state index is 6.16. The van der Waals surface area contributed by atoms with Gasteiger partial charge in [0.15, 0.2) is 5.96 Å². The van der Waals surface area contributed by atoms with Gasteiger partial charge in [0.2, 0.25) is 0 Å². The van der Waals surface area contributed by atoms with Crippen molar-refractivity contribution in [3.63, 3.8) is 0 Å². The monoisotopic (exact) mass is 322 g/mol. The lowest BCUT2D eigenvalue weighted by Gasteiger charge is -2.44. The molecule has 1 aliphatic heterocycles. The van der Waals surface area contributed by atoms with Crippen molar-refractivity contribution in [3.05, 3.63) is 0 Å². The molecule has 1 saturated heterocycles. The van der Waals surface area contributed by atoms with Crippen LogP contribution in [-0.4, -0.2) is 55.3 Å². The minimum Gasteiger partial charge on any atom is -0.381 e. The van der Waals surface area contributed by atoms with E-state index in [1.54, 1.807) is 0 Å². The van der Waals surface area contributed by atoms with E-state index >= 15 is 0 Å². The van der Waals surface area contributed by atoms with E-state index in [2.05, 4.69) is 10.2 Å². The van der Waals surface area contributed by atoms with E-state index in [1.165, 1.54) is 51.4 Å². The molecule has 0 atom stereocenters. The van der Waals surface area contributed by atoms with Crippen LogP contribution in [0.4, 0.5) is 0 Å². The Balaban J connectivity index is 1.57. The van der Waals surface area contributed by atoms with Crippen LogP contribution in [-0.2, 0) is 4.74 Å². The third-order valence-corrected chi connectivity index (χ3v) is 6.23. The Hall–Kier alpha value is -0.810. The summed E-state index contributed by atoms with van der Waals surface area (Å²) >= 11 is 0. The van der Waals surface area contributed by atoms with Crippen LogP contribution in [0, 0.1) is 0 Å². The van der Waals surface area contributed by atoms with E-state index in [4.69, 9.17) is 15.5 Å². The highest BCUT2D eigenvalue weighted by molar-refractivity contribution is 5.78. The highest BCUT2D eigenvalue weighted by atomic mass is 16.5. The van der Waals surface area contributed by atoms with Crippen LogP contribution >= 0.6 is 0 Å². The summed E-state index contributed by atoms with van der Waals surface area (Å²) in [5.41, 5.74) is 6.41. The van der Waals surface area contributed by atoms with Gasteiger partial charge >= 0.3 is 0 Å². The second kappa shape index (κ2) is 7.84. The quantitative estimate of drug-likeness (QED) is 0.602. The zero-order valence-corrected chi connectivity index (χ0v) is 14.7. The van der Waals surface area contributed by atoms with Crippen molar-refractivity contribution < 1.29 is 4.74 Å². The Morgan fingerprint density at radius 3 is 2.39 bits per heavy atom. The molecule has 5 nitrogen and oxygen atoms in total. The molecule has 0 aromatic heterocycles. The Kier molecular flexibility index (Phi) is 5.81. The number of aliphatic imine (C=N–C) groups is 1. The number of piperidine rings is 1. The number of methoxy groups -OCH3 is 1. The van der Waals surface area contributed by atoms with Gasteiger partial charge < -0.3 is 15.8 Å². The number of rotatable bonds is 5. The van der Waals surface area contributed by atoms with Crippen molar-refractivity contribution in [2.45, 2.75) is 81.9 Å². The number of nitrogens with two attached hydrogens (primary N) is 1. The van der Waals surface area contributed by atoms with Crippen molar-refractivity contribution in [2.75, 3.05) is 26.7 Å². The number of ether oxygens (including phenoxy) is 1. The topological polar surface area (TPSA) is 62.9 Å². The minimum atomic E-state index is 0.251. The second-order valence-electron chi connectivity index (χ2n) is 7.68. The van der Waals surface area contributed by atoms with Crippen molar-refractivity contribution in [1.82, 2.24) is 10.2 Å². The molecule has 3 fully saturated rings. The van der Waals surface area contributed by atoms with Crippen LogP contribution in [0.2, 0.25) is 0 Å². The van der Waals surface area contributed by atoms with Gasteiger partial charge in [0.1, 0.15) is 0 Å². The number of likely N-dealkylation sites (tertiary alicyclic amines) is 1. The average molecular weight is 322 g/mol. The van der Waals surface area contributed by atoms with Gasteiger partial charge in [-0.3, -0.25) is 9.89 Å². The van der Waals surface area contributed by atoms with E-state index in [9.17, 15) is 0 Å². The van der Waals surface area contributed by atoms with Crippen molar-refractivity contribution in [1.29, 1.82) is 0 Å². The maximum absolute atomic E-state index is 6.16. The largest absolute Gasteiger partial charge is 0.381 e. The molecule has 0 radical (unpaired) electrons. The van der Waals surface area contributed by atoms with Gasteiger partial charge in [0, 0.05) is 31.8 Å². The number of nitrogens with one attached hydrogen (secondary N) is 1. The molecule has 3 rings (SSSR count). The van der Waals surface area contributed by atoms with Crippen LogP contribution in [0.1, 0.15) is 64.2 Å². The third kappa shape index (κ3) is 4.18. The van der Waals surface area contributed by atoms with Crippen molar-refractivity contribution in [2.24, 2.45) is 10.7 Å². The van der Waals surface area contributed by atoms with Crippen LogP contribution in [0.5, 0.6) is 0 Å². The summed E-state index contributed by atoms with van der Waals surface area (Å²) in [4.78, 5) is 7.45. The molecular weight excluding hydrogens is 288 g/mol. The number of nitrogens with zero attached hydrogens (tertiary/aromatic N) is 2. The number of guanidine groups is 1. The third-order valence-electron chi connectivity index (χ3n) is 6.23. The normalized spacial score (nSPS) is 27.6.